The molecule has 2 aromatic rings. The first-order chi connectivity index (χ1) is 10.0. The molecule has 1 atom stereocenters. The Balaban J connectivity index is 2.09. The molecule has 8 heteroatoms. The molecule has 0 aliphatic carbocycles. The van der Waals surface area contributed by atoms with Gasteiger partial charge in [-0.15, -0.1) is 5.10 Å². The number of hydrogen-bond acceptors (Lipinski definition) is 4. The van der Waals surface area contributed by atoms with Crippen molar-refractivity contribution in [2.45, 2.75) is 18.6 Å². The molecule has 0 fully saturated rings. The van der Waals surface area contributed by atoms with Gasteiger partial charge in [0.2, 0.25) is 11.9 Å². The maximum Gasteiger partial charge on any atom is 0.416 e. The van der Waals surface area contributed by atoms with Gasteiger partial charge < -0.3 is 10.6 Å². The van der Waals surface area contributed by atoms with Crippen LogP contribution in [0, 0.1) is 0 Å². The highest BCUT2D eigenvalue weighted by molar-refractivity contribution is 5.41. The molecule has 3 rings (SSSR count). The minimum Gasteiger partial charge on any atom is -0.356 e. The summed E-state index contributed by atoms with van der Waals surface area (Å²) in [5, 5.41) is 10.1. The molecule has 0 spiro atoms. The van der Waals surface area contributed by atoms with E-state index >= 15 is 0 Å². The van der Waals surface area contributed by atoms with E-state index < -0.39 is 17.8 Å². The summed E-state index contributed by atoms with van der Waals surface area (Å²) in [7, 11) is 1.67. The van der Waals surface area contributed by atoms with Gasteiger partial charge in [-0.1, -0.05) is 18.2 Å². The van der Waals surface area contributed by atoms with Crippen LogP contribution in [-0.4, -0.2) is 28.4 Å². The van der Waals surface area contributed by atoms with Crippen LogP contribution >= 0.6 is 0 Å². The zero-order valence-electron chi connectivity index (χ0n) is 11.3. The van der Waals surface area contributed by atoms with Crippen LogP contribution in [0.3, 0.4) is 0 Å². The zero-order chi connectivity index (χ0) is 15.0. The highest BCUT2D eigenvalue weighted by Gasteiger charge is 2.36. The Kier molecular flexibility index (Phi) is 3.23. The second kappa shape index (κ2) is 4.94. The van der Waals surface area contributed by atoms with E-state index in [2.05, 4.69) is 20.7 Å². The number of hydrogen-bond donors (Lipinski definition) is 2. The van der Waals surface area contributed by atoms with Crippen molar-refractivity contribution < 1.29 is 13.2 Å². The Labute approximate surface area is 119 Å². The van der Waals surface area contributed by atoms with E-state index in [0.717, 1.165) is 6.07 Å². The summed E-state index contributed by atoms with van der Waals surface area (Å²) in [6, 6.07) is 5.14. The number of halogens is 3. The monoisotopic (exact) mass is 297 g/mol. The van der Waals surface area contributed by atoms with Crippen molar-refractivity contribution in [1.82, 2.24) is 14.8 Å². The lowest BCUT2D eigenvalue weighted by Gasteiger charge is -2.26. The Bertz CT molecular complexity index is 649. The maximum atomic E-state index is 13.2. The van der Waals surface area contributed by atoms with Crippen molar-refractivity contribution in [2.75, 3.05) is 24.2 Å². The molecular weight excluding hydrogens is 283 g/mol. The lowest BCUT2D eigenvalue weighted by Crippen LogP contribution is -2.26. The van der Waals surface area contributed by atoms with Gasteiger partial charge in [-0.05, 0) is 18.1 Å². The van der Waals surface area contributed by atoms with Gasteiger partial charge in [-0.3, -0.25) is 0 Å². The van der Waals surface area contributed by atoms with Crippen LogP contribution in [0.1, 0.15) is 23.6 Å². The summed E-state index contributed by atoms with van der Waals surface area (Å²) in [6.07, 6.45) is -3.86. The van der Waals surface area contributed by atoms with Crippen molar-refractivity contribution in [2.24, 2.45) is 0 Å². The fraction of sp³-hybridized carbons (Fsp3) is 0.385. The smallest absolute Gasteiger partial charge is 0.356 e. The van der Waals surface area contributed by atoms with Crippen molar-refractivity contribution in [3.63, 3.8) is 0 Å². The third-order valence-corrected chi connectivity index (χ3v) is 3.48. The van der Waals surface area contributed by atoms with Gasteiger partial charge in [-0.2, -0.15) is 18.2 Å². The molecule has 0 amide bonds. The number of anilines is 2. The molecule has 2 heterocycles. The summed E-state index contributed by atoms with van der Waals surface area (Å²) in [5.41, 5.74) is -0.398. The minimum absolute atomic E-state index is 0.223. The first kappa shape index (κ1) is 13.7. The Morgan fingerprint density at radius 3 is 2.81 bits per heavy atom. The first-order valence-corrected chi connectivity index (χ1v) is 6.55. The van der Waals surface area contributed by atoms with Gasteiger partial charge in [0.1, 0.15) is 0 Å². The third kappa shape index (κ3) is 2.41. The van der Waals surface area contributed by atoms with Crippen LogP contribution in [0.4, 0.5) is 25.1 Å². The standard InChI is InChI=1S/C13H14F3N5/c1-17-11-19-12-18-7-6-10(21(12)20-11)8-4-2-3-5-9(8)13(14,15)16/h2-5,10H,6-7H2,1H3,(H2,17,18,19,20). The van der Waals surface area contributed by atoms with E-state index in [1.54, 1.807) is 13.1 Å². The number of rotatable bonds is 2. The van der Waals surface area contributed by atoms with E-state index in [4.69, 9.17) is 0 Å². The lowest BCUT2D eigenvalue weighted by atomic mass is 9.97. The van der Waals surface area contributed by atoms with Gasteiger partial charge >= 0.3 is 6.18 Å². The van der Waals surface area contributed by atoms with Gasteiger partial charge in [0.05, 0.1) is 11.6 Å². The number of nitrogens with zero attached hydrogens (tertiary/aromatic N) is 3. The maximum absolute atomic E-state index is 13.2. The number of alkyl halides is 3. The molecule has 0 saturated carbocycles. The molecule has 1 aromatic carbocycles. The van der Waals surface area contributed by atoms with Crippen LogP contribution in [0.25, 0.3) is 0 Å². The summed E-state index contributed by atoms with van der Waals surface area (Å²) in [6.45, 7) is 0.554. The number of nitrogens with one attached hydrogen (secondary N) is 2. The van der Waals surface area contributed by atoms with Crippen molar-refractivity contribution in [3.05, 3.63) is 35.4 Å². The fourth-order valence-electron chi connectivity index (χ4n) is 2.54. The van der Waals surface area contributed by atoms with Crippen molar-refractivity contribution in [3.8, 4) is 0 Å². The highest BCUT2D eigenvalue weighted by Crippen LogP contribution is 2.38. The van der Waals surface area contributed by atoms with E-state index in [-0.39, 0.29) is 5.56 Å². The average Bonchev–Trinajstić information content (AvgIpc) is 2.89. The normalized spacial score (nSPS) is 18.0. The molecule has 0 radical (unpaired) electrons. The molecule has 1 aliphatic rings. The molecule has 1 aliphatic heterocycles. The number of benzene rings is 1. The predicted octanol–water partition coefficient (Wildman–Crippen LogP) is 2.74. The summed E-state index contributed by atoms with van der Waals surface area (Å²) >= 11 is 0. The molecular formula is C13H14F3N5. The molecule has 2 N–H and O–H groups in total. The van der Waals surface area contributed by atoms with Crippen LogP contribution in [-0.2, 0) is 6.18 Å². The van der Waals surface area contributed by atoms with Gasteiger partial charge in [-0.25, -0.2) is 4.68 Å². The predicted molar refractivity (Wildman–Crippen MR) is 72.3 cm³/mol. The van der Waals surface area contributed by atoms with Crippen LogP contribution < -0.4 is 10.6 Å². The molecule has 5 nitrogen and oxygen atoms in total. The lowest BCUT2D eigenvalue weighted by molar-refractivity contribution is -0.138. The highest BCUT2D eigenvalue weighted by atomic mass is 19.4. The fourth-order valence-corrected chi connectivity index (χ4v) is 2.54. The molecule has 0 saturated heterocycles. The second-order valence-corrected chi connectivity index (χ2v) is 4.77. The van der Waals surface area contributed by atoms with E-state index in [1.807, 2.05) is 0 Å². The minimum atomic E-state index is -4.38. The van der Waals surface area contributed by atoms with Gasteiger partial charge in [0, 0.05) is 13.6 Å². The SMILES string of the molecule is CNc1nc2n(n1)C(c1ccccc1C(F)(F)F)CCN2. The van der Waals surface area contributed by atoms with E-state index in [1.165, 1.54) is 16.8 Å². The topological polar surface area (TPSA) is 54.8 Å². The average molecular weight is 297 g/mol. The molecule has 21 heavy (non-hydrogen) atoms. The molecule has 112 valence electrons. The second-order valence-electron chi connectivity index (χ2n) is 4.77. The van der Waals surface area contributed by atoms with Crippen LogP contribution in [0.2, 0.25) is 0 Å². The molecule has 1 unspecified atom stereocenters. The van der Waals surface area contributed by atoms with Crippen LogP contribution in [0.15, 0.2) is 24.3 Å². The van der Waals surface area contributed by atoms with Gasteiger partial charge in [0.15, 0.2) is 0 Å². The summed E-state index contributed by atoms with van der Waals surface area (Å²) in [5.74, 6) is 0.862. The van der Waals surface area contributed by atoms with Crippen molar-refractivity contribution >= 4 is 11.9 Å². The Morgan fingerprint density at radius 2 is 2.10 bits per heavy atom. The third-order valence-electron chi connectivity index (χ3n) is 3.48. The number of fused-ring (bicyclic) bond motifs is 1. The van der Waals surface area contributed by atoms with E-state index in [0.29, 0.717) is 24.9 Å². The van der Waals surface area contributed by atoms with Crippen molar-refractivity contribution in [1.29, 1.82) is 0 Å². The molecule has 1 aromatic heterocycles. The largest absolute Gasteiger partial charge is 0.416 e. The molecule has 0 bridgehead atoms. The quantitative estimate of drug-likeness (QED) is 0.895. The first-order valence-electron chi connectivity index (χ1n) is 6.55. The Morgan fingerprint density at radius 1 is 1.33 bits per heavy atom. The Hall–Kier alpha value is -2.25. The van der Waals surface area contributed by atoms with E-state index in [9.17, 15) is 13.2 Å². The summed E-state index contributed by atoms with van der Waals surface area (Å²) in [4.78, 5) is 4.19. The van der Waals surface area contributed by atoms with Crippen LogP contribution in [0.5, 0.6) is 0 Å². The zero-order valence-corrected chi connectivity index (χ0v) is 11.3. The number of aromatic nitrogens is 3. The van der Waals surface area contributed by atoms with Gasteiger partial charge in [0.25, 0.3) is 0 Å². The summed E-state index contributed by atoms with van der Waals surface area (Å²) < 4.78 is 41.0.